The molecule has 2 aromatic rings. The summed E-state index contributed by atoms with van der Waals surface area (Å²) in [5.41, 5.74) is -0.904. The van der Waals surface area contributed by atoms with Gasteiger partial charge in [-0.25, -0.2) is 4.79 Å². The van der Waals surface area contributed by atoms with E-state index in [0.29, 0.717) is 5.56 Å². The summed E-state index contributed by atoms with van der Waals surface area (Å²) in [4.78, 5) is 50.2. The van der Waals surface area contributed by atoms with Crippen LogP contribution in [0.15, 0.2) is 47.4 Å². The van der Waals surface area contributed by atoms with Crippen molar-refractivity contribution < 1.29 is 39.2 Å². The van der Waals surface area contributed by atoms with Crippen molar-refractivity contribution in [2.45, 2.75) is 39.7 Å². The summed E-state index contributed by atoms with van der Waals surface area (Å²) < 4.78 is 5.74. The monoisotopic (exact) mass is 477 g/mol. The standard InChI is InChI=1S/C26H23NO8/c1-11-21(30)19(13(3)28)23-20(22(11)31)26(4)17(35-23)9-16(29)18(24(26)32)12(2)27-10-14-6-5-7-15(8-14)25(33)34/h5-9,27,30-31H,10H2,1-4H3,(H,33,34)/b18-12+/t26-/m1/s1. The Morgan fingerprint density at radius 3 is 2.43 bits per heavy atom. The quantitative estimate of drug-likeness (QED) is 0.289. The molecule has 2 aliphatic rings. The molecular weight excluding hydrogens is 454 g/mol. The van der Waals surface area contributed by atoms with Crippen molar-refractivity contribution >= 4 is 23.3 Å². The maximum atomic E-state index is 13.8. The number of carbonyl (C=O) groups excluding carboxylic acids is 3. The third-order valence-electron chi connectivity index (χ3n) is 6.49. The number of ether oxygens (including phenoxy) is 1. The van der Waals surface area contributed by atoms with Gasteiger partial charge in [0.15, 0.2) is 17.3 Å². The topological polar surface area (TPSA) is 150 Å². The van der Waals surface area contributed by atoms with Gasteiger partial charge in [-0.15, -0.1) is 0 Å². The number of rotatable bonds is 5. The van der Waals surface area contributed by atoms with Crippen LogP contribution in [-0.4, -0.2) is 38.6 Å². The molecule has 1 aliphatic heterocycles. The molecule has 9 nitrogen and oxygen atoms in total. The first kappa shape index (κ1) is 23.7. The fourth-order valence-corrected chi connectivity index (χ4v) is 4.50. The van der Waals surface area contributed by atoms with E-state index in [1.807, 2.05) is 0 Å². The zero-order chi connectivity index (χ0) is 25.8. The van der Waals surface area contributed by atoms with Crippen LogP contribution in [-0.2, 0) is 21.5 Å². The van der Waals surface area contributed by atoms with Crippen molar-refractivity contribution in [3.8, 4) is 17.2 Å². The van der Waals surface area contributed by atoms with E-state index in [9.17, 15) is 34.5 Å². The Labute approximate surface area is 200 Å². The van der Waals surface area contributed by atoms with Crippen LogP contribution < -0.4 is 10.1 Å². The number of Topliss-reactive ketones (excluding diaryl/α,β-unsaturated/α-hetero) is 2. The van der Waals surface area contributed by atoms with Crippen LogP contribution in [0.1, 0.15) is 58.2 Å². The molecule has 2 aromatic carbocycles. The summed E-state index contributed by atoms with van der Waals surface area (Å²) in [6.07, 6.45) is 1.14. The zero-order valence-corrected chi connectivity index (χ0v) is 19.5. The molecule has 4 N–H and O–H groups in total. The number of phenolic OH excluding ortho intramolecular Hbond substituents is 2. The van der Waals surface area contributed by atoms with Gasteiger partial charge >= 0.3 is 5.97 Å². The molecule has 4 rings (SSSR count). The maximum absolute atomic E-state index is 13.8. The molecular formula is C26H23NO8. The highest BCUT2D eigenvalue weighted by atomic mass is 16.5. The number of hydrogen-bond donors (Lipinski definition) is 4. The van der Waals surface area contributed by atoms with Gasteiger partial charge < -0.3 is 25.4 Å². The Morgan fingerprint density at radius 1 is 1.11 bits per heavy atom. The van der Waals surface area contributed by atoms with Gasteiger partial charge in [0, 0.05) is 23.9 Å². The van der Waals surface area contributed by atoms with E-state index in [1.54, 1.807) is 19.1 Å². The second-order valence-corrected chi connectivity index (χ2v) is 8.75. The zero-order valence-electron chi connectivity index (χ0n) is 19.5. The van der Waals surface area contributed by atoms with Crippen LogP contribution in [0.2, 0.25) is 0 Å². The van der Waals surface area contributed by atoms with E-state index < -0.39 is 40.2 Å². The molecule has 0 radical (unpaired) electrons. The third-order valence-corrected chi connectivity index (χ3v) is 6.49. The van der Waals surface area contributed by atoms with Crippen molar-refractivity contribution in [2.75, 3.05) is 0 Å². The summed E-state index contributed by atoms with van der Waals surface area (Å²) in [5, 5.41) is 33.5. The summed E-state index contributed by atoms with van der Waals surface area (Å²) >= 11 is 0. The van der Waals surface area contributed by atoms with E-state index in [4.69, 9.17) is 4.74 Å². The summed E-state index contributed by atoms with van der Waals surface area (Å²) in [6.45, 7) is 5.83. The van der Waals surface area contributed by atoms with Crippen molar-refractivity contribution in [1.82, 2.24) is 5.32 Å². The van der Waals surface area contributed by atoms with Gasteiger partial charge in [-0.3, -0.25) is 14.4 Å². The Morgan fingerprint density at radius 2 is 1.80 bits per heavy atom. The van der Waals surface area contributed by atoms with E-state index in [0.717, 1.165) is 6.08 Å². The van der Waals surface area contributed by atoms with Crippen molar-refractivity contribution in [3.63, 3.8) is 0 Å². The maximum Gasteiger partial charge on any atom is 0.335 e. The minimum atomic E-state index is -1.60. The Bertz CT molecular complexity index is 1410. The van der Waals surface area contributed by atoms with Crippen molar-refractivity contribution in [3.05, 3.63) is 75.2 Å². The predicted molar refractivity (Wildman–Crippen MR) is 124 cm³/mol. The number of benzene rings is 2. The average molecular weight is 477 g/mol. The smallest absolute Gasteiger partial charge is 0.335 e. The normalized spacial score (nSPS) is 19.9. The fraction of sp³-hybridized carbons (Fsp3) is 0.231. The molecule has 0 spiro atoms. The summed E-state index contributed by atoms with van der Waals surface area (Å²) in [5.74, 6) is -3.90. The molecule has 0 unspecified atom stereocenters. The first-order valence-corrected chi connectivity index (χ1v) is 10.8. The van der Waals surface area contributed by atoms with Gasteiger partial charge in [0.05, 0.1) is 16.7 Å². The molecule has 180 valence electrons. The van der Waals surface area contributed by atoms with E-state index >= 15 is 0 Å². The van der Waals surface area contributed by atoms with Crippen LogP contribution in [0, 0.1) is 6.92 Å². The molecule has 0 fully saturated rings. The number of allylic oxidation sites excluding steroid dienone is 4. The lowest BCUT2D eigenvalue weighted by atomic mass is 9.70. The number of carboxylic acid groups (broad SMARTS) is 1. The molecule has 1 atom stereocenters. The number of phenols is 2. The highest BCUT2D eigenvalue weighted by molar-refractivity contribution is 6.31. The molecule has 1 heterocycles. The number of nitrogens with one attached hydrogen (secondary N) is 1. The van der Waals surface area contributed by atoms with Crippen LogP contribution in [0.5, 0.6) is 17.2 Å². The van der Waals surface area contributed by atoms with Crippen LogP contribution in [0.4, 0.5) is 0 Å². The van der Waals surface area contributed by atoms with Crippen molar-refractivity contribution in [2.24, 2.45) is 0 Å². The summed E-state index contributed by atoms with van der Waals surface area (Å²) in [6, 6.07) is 6.24. The highest BCUT2D eigenvalue weighted by Gasteiger charge is 2.56. The van der Waals surface area contributed by atoms with Crippen LogP contribution >= 0.6 is 0 Å². The molecule has 9 heteroatoms. The molecule has 0 amide bonds. The average Bonchev–Trinajstić information content (AvgIpc) is 3.09. The van der Waals surface area contributed by atoms with Gasteiger partial charge in [-0.05, 0) is 45.4 Å². The van der Waals surface area contributed by atoms with Crippen molar-refractivity contribution in [1.29, 1.82) is 0 Å². The number of fused-ring (bicyclic) bond motifs is 3. The number of aromatic carboxylic acids is 1. The first-order valence-electron chi connectivity index (χ1n) is 10.8. The second kappa shape index (κ2) is 8.12. The van der Waals surface area contributed by atoms with Gasteiger partial charge in [0.2, 0.25) is 0 Å². The predicted octanol–water partition coefficient (Wildman–Crippen LogP) is 3.06. The Hall–Kier alpha value is -4.40. The van der Waals surface area contributed by atoms with Gasteiger partial charge in [0.1, 0.15) is 34.0 Å². The van der Waals surface area contributed by atoms with Gasteiger partial charge in [-0.2, -0.15) is 0 Å². The Kier molecular flexibility index (Phi) is 5.51. The number of carbonyl (C=O) groups is 4. The minimum Gasteiger partial charge on any atom is -0.507 e. The lowest BCUT2D eigenvalue weighted by molar-refractivity contribution is -0.123. The number of aromatic hydroxyl groups is 2. The lowest BCUT2D eigenvalue weighted by Crippen LogP contribution is -2.41. The van der Waals surface area contributed by atoms with Crippen LogP contribution in [0.3, 0.4) is 0 Å². The summed E-state index contributed by atoms with van der Waals surface area (Å²) in [7, 11) is 0. The number of hydrogen-bond acceptors (Lipinski definition) is 8. The second-order valence-electron chi connectivity index (χ2n) is 8.75. The largest absolute Gasteiger partial charge is 0.507 e. The van der Waals surface area contributed by atoms with E-state index in [-0.39, 0.29) is 51.6 Å². The van der Waals surface area contributed by atoms with Crippen LogP contribution in [0.25, 0.3) is 0 Å². The van der Waals surface area contributed by atoms with Gasteiger partial charge in [-0.1, -0.05) is 12.1 Å². The minimum absolute atomic E-state index is 0.0150. The number of ketones is 3. The fourth-order valence-electron chi connectivity index (χ4n) is 4.50. The number of carboxylic acids is 1. The Balaban J connectivity index is 1.79. The third kappa shape index (κ3) is 3.47. The molecule has 1 aliphatic carbocycles. The molecule has 0 bridgehead atoms. The molecule has 0 saturated heterocycles. The van der Waals surface area contributed by atoms with E-state index in [1.165, 1.54) is 32.9 Å². The molecule has 0 saturated carbocycles. The molecule has 35 heavy (non-hydrogen) atoms. The van der Waals surface area contributed by atoms with Gasteiger partial charge in [0.25, 0.3) is 0 Å². The highest BCUT2D eigenvalue weighted by Crippen LogP contribution is 2.57. The molecule has 0 aromatic heterocycles. The lowest BCUT2D eigenvalue weighted by Gasteiger charge is -2.29. The van der Waals surface area contributed by atoms with E-state index in [2.05, 4.69) is 5.32 Å². The first-order chi connectivity index (χ1) is 16.4. The SMILES string of the molecule is CC(=O)c1c(O)c(C)c(O)c2c1OC1=CC(=O)/C(=C(/C)NCc3cccc(C(=O)O)c3)C(=O)[C@]12C.